The molecule has 0 unspecified atom stereocenters. The first-order valence-corrected chi connectivity index (χ1v) is 2.41. The van der Waals surface area contributed by atoms with Gasteiger partial charge in [-0.1, -0.05) is 6.92 Å². The van der Waals surface area contributed by atoms with Crippen molar-refractivity contribution in [3.8, 4) is 0 Å². The highest BCUT2D eigenvalue weighted by Crippen LogP contribution is 2.08. The average Bonchev–Trinajstić information content (AvgIpc) is 1.63. The van der Waals surface area contributed by atoms with E-state index in [0.29, 0.717) is 6.42 Å². The molecule has 0 aromatic rings. The summed E-state index contributed by atoms with van der Waals surface area (Å²) in [5, 5.41) is 2.86. The Morgan fingerprint density at radius 2 is 2.11 bits per heavy atom. The van der Waals surface area contributed by atoms with Crippen LogP contribution >= 0.6 is 0 Å². The summed E-state index contributed by atoms with van der Waals surface area (Å²) in [6.45, 7) is 1.70. The summed E-state index contributed by atoms with van der Waals surface area (Å²) in [5.41, 5.74) is 0.992. The second-order valence-corrected chi connectivity index (χ2v) is 1.33. The van der Waals surface area contributed by atoms with E-state index in [1.54, 1.807) is 6.92 Å². The van der Waals surface area contributed by atoms with Crippen molar-refractivity contribution in [2.24, 2.45) is 5.10 Å². The molecule has 1 N–H and O–H groups in total. The lowest BCUT2D eigenvalue weighted by Crippen LogP contribution is -2.26. The molecule has 5 heteroatoms. The van der Waals surface area contributed by atoms with Crippen LogP contribution in [-0.4, -0.2) is 12.5 Å². The van der Waals surface area contributed by atoms with Gasteiger partial charge in [0.05, 0.1) is 0 Å². The quantitative estimate of drug-likeness (QED) is 0.350. The predicted molar refractivity (Wildman–Crippen MR) is 28.0 cm³/mol. The molecule has 0 aliphatic carbocycles. The van der Waals surface area contributed by atoms with Crippen LogP contribution in [0.4, 0.5) is 13.2 Å². The summed E-state index contributed by atoms with van der Waals surface area (Å²) in [5.74, 6) is 0. The van der Waals surface area contributed by atoms with Crippen molar-refractivity contribution in [2.75, 3.05) is 0 Å². The van der Waals surface area contributed by atoms with Crippen LogP contribution in [0.1, 0.15) is 13.3 Å². The minimum atomic E-state index is -4.40. The van der Waals surface area contributed by atoms with E-state index in [9.17, 15) is 13.2 Å². The standard InChI is InChI=1S/C4H7F3N2/c1-2-3-8-9-4(5,6)7/h3,9H,2H2,1H3/b8-3-. The van der Waals surface area contributed by atoms with Gasteiger partial charge >= 0.3 is 6.30 Å². The van der Waals surface area contributed by atoms with Crippen molar-refractivity contribution in [1.29, 1.82) is 0 Å². The lowest BCUT2D eigenvalue weighted by Gasteiger charge is -2.01. The number of hydrazone groups is 1. The van der Waals surface area contributed by atoms with Gasteiger partial charge in [0.1, 0.15) is 0 Å². The number of hydrogen-bond acceptors (Lipinski definition) is 2. The molecule has 0 aromatic carbocycles. The van der Waals surface area contributed by atoms with Crippen molar-refractivity contribution in [2.45, 2.75) is 19.6 Å². The van der Waals surface area contributed by atoms with Gasteiger partial charge in [-0.2, -0.15) is 5.10 Å². The number of nitrogens with zero attached hydrogens (tertiary/aromatic N) is 1. The van der Waals surface area contributed by atoms with Gasteiger partial charge in [0.2, 0.25) is 0 Å². The van der Waals surface area contributed by atoms with E-state index < -0.39 is 6.30 Å². The van der Waals surface area contributed by atoms with Gasteiger partial charge < -0.3 is 0 Å². The second-order valence-electron chi connectivity index (χ2n) is 1.33. The third-order valence-corrected chi connectivity index (χ3v) is 0.465. The normalized spacial score (nSPS) is 12.4. The Morgan fingerprint density at radius 3 is 2.44 bits per heavy atom. The average molecular weight is 140 g/mol. The second kappa shape index (κ2) is 3.32. The minimum absolute atomic E-state index is 0.489. The summed E-state index contributed by atoms with van der Waals surface area (Å²) in [6, 6.07) is 0. The van der Waals surface area contributed by atoms with Crippen molar-refractivity contribution >= 4 is 6.21 Å². The van der Waals surface area contributed by atoms with Crippen molar-refractivity contribution < 1.29 is 13.2 Å². The third-order valence-electron chi connectivity index (χ3n) is 0.465. The molecule has 0 amide bonds. The number of rotatable bonds is 2. The molecule has 0 aliphatic rings. The highest BCUT2D eigenvalue weighted by atomic mass is 19.4. The summed E-state index contributed by atoms with van der Waals surface area (Å²) in [7, 11) is 0. The molecule has 0 saturated carbocycles. The summed E-state index contributed by atoms with van der Waals surface area (Å²) in [6.07, 6.45) is -2.76. The lowest BCUT2D eigenvalue weighted by molar-refractivity contribution is -0.156. The summed E-state index contributed by atoms with van der Waals surface area (Å²) >= 11 is 0. The fourth-order valence-corrected chi connectivity index (χ4v) is 0.210. The van der Waals surface area contributed by atoms with E-state index in [0.717, 1.165) is 11.6 Å². The lowest BCUT2D eigenvalue weighted by atomic mass is 10.6. The van der Waals surface area contributed by atoms with E-state index >= 15 is 0 Å². The molecule has 0 aliphatic heterocycles. The van der Waals surface area contributed by atoms with Crippen LogP contribution in [0.15, 0.2) is 5.10 Å². The molecule has 0 fully saturated rings. The SMILES string of the molecule is CC/C=N\NC(F)(F)F. The van der Waals surface area contributed by atoms with E-state index in [1.807, 2.05) is 0 Å². The molecule has 0 saturated heterocycles. The maximum atomic E-state index is 11.2. The van der Waals surface area contributed by atoms with Crippen LogP contribution < -0.4 is 5.43 Å². The molecule has 0 rings (SSSR count). The zero-order valence-electron chi connectivity index (χ0n) is 4.87. The maximum Gasteiger partial charge on any atom is 0.497 e. The molecule has 54 valence electrons. The molecule has 0 atom stereocenters. The molecular weight excluding hydrogens is 133 g/mol. The van der Waals surface area contributed by atoms with Gasteiger partial charge in [-0.05, 0) is 6.42 Å². The fourth-order valence-electron chi connectivity index (χ4n) is 0.210. The Bertz CT molecular complexity index is 96.5. The Balaban J connectivity index is 3.38. The Labute approximate surface area is 50.7 Å². The molecule has 0 heterocycles. The Morgan fingerprint density at radius 1 is 1.56 bits per heavy atom. The van der Waals surface area contributed by atoms with Crippen LogP contribution in [0, 0.1) is 0 Å². The highest BCUT2D eigenvalue weighted by molar-refractivity contribution is 5.55. The van der Waals surface area contributed by atoms with Gasteiger partial charge in [0, 0.05) is 6.21 Å². The van der Waals surface area contributed by atoms with E-state index in [4.69, 9.17) is 0 Å². The molecule has 0 spiro atoms. The minimum Gasteiger partial charge on any atom is -0.218 e. The van der Waals surface area contributed by atoms with Gasteiger partial charge in [-0.25, -0.2) is 5.43 Å². The van der Waals surface area contributed by atoms with Gasteiger partial charge in [0.25, 0.3) is 0 Å². The summed E-state index contributed by atoms with van der Waals surface area (Å²) < 4.78 is 33.5. The van der Waals surface area contributed by atoms with Crippen LogP contribution in [0.25, 0.3) is 0 Å². The highest BCUT2D eigenvalue weighted by Gasteiger charge is 2.25. The van der Waals surface area contributed by atoms with E-state index in [2.05, 4.69) is 5.10 Å². The van der Waals surface area contributed by atoms with Crippen molar-refractivity contribution in [3.05, 3.63) is 0 Å². The van der Waals surface area contributed by atoms with Crippen LogP contribution in [0.5, 0.6) is 0 Å². The smallest absolute Gasteiger partial charge is 0.218 e. The van der Waals surface area contributed by atoms with Crippen molar-refractivity contribution in [3.63, 3.8) is 0 Å². The van der Waals surface area contributed by atoms with Crippen LogP contribution in [-0.2, 0) is 0 Å². The van der Waals surface area contributed by atoms with Crippen LogP contribution in [0.3, 0.4) is 0 Å². The first-order chi connectivity index (χ1) is 4.06. The maximum absolute atomic E-state index is 11.2. The number of alkyl halides is 3. The zero-order chi connectivity index (χ0) is 7.33. The van der Waals surface area contributed by atoms with Gasteiger partial charge in [-0.3, -0.25) is 0 Å². The molecule has 0 bridgehead atoms. The molecule has 0 radical (unpaired) electrons. The molecular formula is C4H7F3N2. The Kier molecular flexibility index (Phi) is 3.05. The summed E-state index contributed by atoms with van der Waals surface area (Å²) in [4.78, 5) is 0. The molecule has 0 aromatic heterocycles. The van der Waals surface area contributed by atoms with E-state index in [1.165, 1.54) is 0 Å². The number of nitrogens with one attached hydrogen (secondary N) is 1. The largest absolute Gasteiger partial charge is 0.497 e. The van der Waals surface area contributed by atoms with Crippen molar-refractivity contribution in [1.82, 2.24) is 5.43 Å². The Hall–Kier alpha value is -0.740. The first kappa shape index (κ1) is 8.26. The zero-order valence-corrected chi connectivity index (χ0v) is 4.87. The molecule has 2 nitrogen and oxygen atoms in total. The topological polar surface area (TPSA) is 24.4 Å². The van der Waals surface area contributed by atoms with Gasteiger partial charge in [0.15, 0.2) is 0 Å². The molecule has 9 heavy (non-hydrogen) atoms. The number of halogens is 3. The monoisotopic (exact) mass is 140 g/mol. The predicted octanol–water partition coefficient (Wildman–Crippen LogP) is 1.49. The third kappa shape index (κ3) is 7.26. The van der Waals surface area contributed by atoms with E-state index in [-0.39, 0.29) is 0 Å². The number of hydrogen-bond donors (Lipinski definition) is 1. The first-order valence-electron chi connectivity index (χ1n) is 2.41. The van der Waals surface area contributed by atoms with Crippen LogP contribution in [0.2, 0.25) is 0 Å². The van der Waals surface area contributed by atoms with Gasteiger partial charge in [-0.15, -0.1) is 13.2 Å². The fraction of sp³-hybridized carbons (Fsp3) is 0.750.